The van der Waals surface area contributed by atoms with Gasteiger partial charge in [-0.15, -0.1) is 0 Å². The Morgan fingerprint density at radius 3 is 1.68 bits per heavy atom. The highest BCUT2D eigenvalue weighted by Gasteiger charge is 2.58. The maximum atomic E-state index is 13.7. The molecule has 0 aromatic heterocycles. The molecule has 0 spiro atoms. The van der Waals surface area contributed by atoms with E-state index in [4.69, 9.17) is 52.1 Å². The Morgan fingerprint density at radius 2 is 1.07 bits per heavy atom. The Labute approximate surface area is 443 Å². The summed E-state index contributed by atoms with van der Waals surface area (Å²) in [6, 6.07) is 0. The normalized spacial score (nSPS) is 36.7. The lowest BCUT2D eigenvalue weighted by molar-refractivity contribution is -0.398. The van der Waals surface area contributed by atoms with Crippen molar-refractivity contribution >= 4 is 17.7 Å². The van der Waals surface area contributed by atoms with Gasteiger partial charge in [0.25, 0.3) is 0 Å². The molecule has 4 saturated heterocycles. The number of ketones is 1. The second kappa shape index (κ2) is 34.2. The molecule has 0 aromatic rings. The van der Waals surface area contributed by atoms with Gasteiger partial charge in [0.05, 0.1) is 31.5 Å². The molecular weight excluding hydrogens is 989 g/mol. The Morgan fingerprint density at radius 1 is 0.480 bits per heavy atom. The van der Waals surface area contributed by atoms with Crippen molar-refractivity contribution in [3.05, 3.63) is 0 Å². The monoisotopic (exact) mass is 1080 g/mol. The fraction of sp³-hybridized carbons (Fsp3) is 0.943. The lowest BCUT2D eigenvalue weighted by Gasteiger charge is -2.50. The van der Waals surface area contributed by atoms with Crippen molar-refractivity contribution in [2.45, 2.75) is 299 Å². The average Bonchev–Trinajstić information content (AvgIpc) is 3.37. The van der Waals surface area contributed by atoms with Gasteiger partial charge in [-0.1, -0.05) is 97.8 Å². The molecule has 438 valence electrons. The number of aliphatic hydroxyl groups is 8. The maximum Gasteiger partial charge on any atom is 0.306 e. The molecule has 4 heterocycles. The summed E-state index contributed by atoms with van der Waals surface area (Å²) < 4.78 is 68.3. The van der Waals surface area contributed by atoms with Gasteiger partial charge in [0, 0.05) is 26.4 Å². The van der Waals surface area contributed by atoms with E-state index in [0.29, 0.717) is 32.1 Å². The van der Waals surface area contributed by atoms with E-state index in [2.05, 4.69) is 6.92 Å². The molecule has 0 radical (unpaired) electrons. The number of carbonyl (C=O) groups excluding carboxylic acids is 3. The van der Waals surface area contributed by atoms with Crippen LogP contribution in [0.1, 0.15) is 170 Å². The molecule has 22 nitrogen and oxygen atoms in total. The van der Waals surface area contributed by atoms with Crippen LogP contribution in [-0.4, -0.2) is 207 Å². The zero-order chi connectivity index (χ0) is 55.2. The lowest BCUT2D eigenvalue weighted by atomic mass is 9.95. The summed E-state index contributed by atoms with van der Waals surface area (Å²) in [5.41, 5.74) is 0. The predicted molar refractivity (Wildman–Crippen MR) is 266 cm³/mol. The van der Waals surface area contributed by atoms with E-state index >= 15 is 0 Å². The van der Waals surface area contributed by atoms with Gasteiger partial charge in [-0.05, 0) is 52.9 Å². The van der Waals surface area contributed by atoms with Crippen LogP contribution in [0.5, 0.6) is 0 Å². The highest BCUT2D eigenvalue weighted by molar-refractivity contribution is 5.75. The zero-order valence-electron chi connectivity index (χ0n) is 45.5. The number of carbonyl (C=O) groups is 3. The van der Waals surface area contributed by atoms with Crippen molar-refractivity contribution in [2.24, 2.45) is 0 Å². The van der Waals surface area contributed by atoms with Crippen LogP contribution in [0.15, 0.2) is 0 Å². The molecule has 75 heavy (non-hydrogen) atoms. The average molecular weight is 1080 g/mol. The molecule has 4 aliphatic rings. The van der Waals surface area contributed by atoms with Crippen LogP contribution in [0, 0.1) is 0 Å². The predicted octanol–water partition coefficient (Wildman–Crippen LogP) is 2.91. The zero-order valence-corrected chi connectivity index (χ0v) is 45.5. The van der Waals surface area contributed by atoms with E-state index in [1.54, 1.807) is 13.8 Å². The second-order valence-electron chi connectivity index (χ2n) is 20.8. The van der Waals surface area contributed by atoms with Crippen molar-refractivity contribution < 1.29 is 107 Å². The summed E-state index contributed by atoms with van der Waals surface area (Å²) in [4.78, 5) is 38.2. The summed E-state index contributed by atoms with van der Waals surface area (Å²) in [7, 11) is 0. The van der Waals surface area contributed by atoms with Gasteiger partial charge in [0.2, 0.25) is 0 Å². The minimum absolute atomic E-state index is 0.124. The highest BCUT2D eigenvalue weighted by Crippen LogP contribution is 2.37. The van der Waals surface area contributed by atoms with E-state index < -0.39 is 154 Å². The van der Waals surface area contributed by atoms with Crippen LogP contribution >= 0.6 is 0 Å². The van der Waals surface area contributed by atoms with Crippen molar-refractivity contribution in [2.75, 3.05) is 19.8 Å². The topological polar surface area (TPSA) is 315 Å². The lowest BCUT2D eigenvalue weighted by Crippen LogP contribution is -2.68. The molecular formula is C53H94O22. The van der Waals surface area contributed by atoms with Crippen molar-refractivity contribution in [1.82, 2.24) is 0 Å². The first-order chi connectivity index (χ1) is 35.9. The number of rotatable bonds is 34. The van der Waals surface area contributed by atoms with Gasteiger partial charge >= 0.3 is 11.9 Å². The first-order valence-electron chi connectivity index (χ1n) is 27.9. The quantitative estimate of drug-likeness (QED) is 0.0339. The summed E-state index contributed by atoms with van der Waals surface area (Å²) in [5.74, 6) is -1.50. The van der Waals surface area contributed by atoms with Crippen LogP contribution in [0.25, 0.3) is 0 Å². The minimum Gasteiger partial charge on any atom is -0.456 e. The van der Waals surface area contributed by atoms with Gasteiger partial charge in [-0.3, -0.25) is 9.59 Å². The van der Waals surface area contributed by atoms with Crippen molar-refractivity contribution in [1.29, 1.82) is 0 Å². The molecule has 4 fully saturated rings. The van der Waals surface area contributed by atoms with Crippen LogP contribution in [0.4, 0.5) is 0 Å². The van der Waals surface area contributed by atoms with Gasteiger partial charge in [-0.25, -0.2) is 0 Å². The number of ether oxygens (including phenoxy) is 11. The molecule has 21 unspecified atom stereocenters. The molecule has 22 heteroatoms. The molecule has 21 atom stereocenters. The molecule has 0 bridgehead atoms. The van der Waals surface area contributed by atoms with Gasteiger partial charge < -0.3 is 97.8 Å². The number of unbranched alkanes of at least 4 members (excludes halogenated alkanes) is 11. The standard InChI is InChI=1S/C53H94O22/c1-8-11-13-14-15-18-21-25-34(26-22-19-16-17-20-24-30(4)55)70-52-47(42(62)40(60)35(28-54)71-52)74-53-49(75-51-44(64)46(65-27-12-9-2)39(59)32(6)68-51)48(73-37(57)23-10-3)45(69-33(7)56)36(72-53)29-66-50-43(63)41(61)38(58)31(5)67-50/h31-32,34-36,38-54,58-64H,8-29H2,1-7H3. The third-order valence-electron chi connectivity index (χ3n) is 14.4. The Kier molecular flexibility index (Phi) is 29.8. The third-order valence-corrected chi connectivity index (χ3v) is 14.4. The Hall–Kier alpha value is -2.07. The van der Waals surface area contributed by atoms with E-state index in [1.165, 1.54) is 13.8 Å². The van der Waals surface area contributed by atoms with Crippen LogP contribution in [-0.2, 0) is 66.5 Å². The number of Topliss-reactive ketones (excluding diaryl/α,β-unsaturated/α-hetero) is 1. The molecule has 4 aliphatic heterocycles. The summed E-state index contributed by atoms with van der Waals surface area (Å²) in [6.45, 7) is 10.3. The van der Waals surface area contributed by atoms with Crippen LogP contribution < -0.4 is 0 Å². The minimum atomic E-state index is -1.85. The molecule has 0 aliphatic carbocycles. The van der Waals surface area contributed by atoms with Crippen LogP contribution in [0.3, 0.4) is 0 Å². The first-order valence-corrected chi connectivity index (χ1v) is 27.9. The van der Waals surface area contributed by atoms with E-state index in [9.17, 15) is 55.2 Å². The van der Waals surface area contributed by atoms with Crippen LogP contribution in [0.2, 0.25) is 0 Å². The molecule has 0 aromatic carbocycles. The summed E-state index contributed by atoms with van der Waals surface area (Å²) >= 11 is 0. The Balaban J connectivity index is 1.78. The largest absolute Gasteiger partial charge is 0.456 e. The number of aliphatic hydroxyl groups excluding tert-OH is 8. The number of esters is 2. The third kappa shape index (κ3) is 20.2. The molecule has 0 saturated carbocycles. The maximum absolute atomic E-state index is 13.7. The molecule has 8 N–H and O–H groups in total. The van der Waals surface area contributed by atoms with Gasteiger partial charge in [0.1, 0.15) is 72.9 Å². The van der Waals surface area contributed by atoms with Gasteiger partial charge in [-0.2, -0.15) is 0 Å². The number of hydrogen-bond acceptors (Lipinski definition) is 22. The smallest absolute Gasteiger partial charge is 0.306 e. The number of hydrogen-bond donors (Lipinski definition) is 8. The van der Waals surface area contributed by atoms with E-state index in [0.717, 1.165) is 90.4 Å². The first kappa shape index (κ1) is 65.4. The summed E-state index contributed by atoms with van der Waals surface area (Å²) in [5, 5.41) is 88.7. The van der Waals surface area contributed by atoms with E-state index in [-0.39, 0.29) is 18.8 Å². The highest BCUT2D eigenvalue weighted by atomic mass is 16.8. The summed E-state index contributed by atoms with van der Waals surface area (Å²) in [6.07, 6.45) is -16.5. The SMILES string of the molecule is CCCCCCCCCC(CCCCCCCC(C)=O)OC1OC(CO)C(O)C(O)C1OC1OC(COC2OC(C)C(O)C(O)C2O)C(OC(C)=O)C(OC(=O)CCC)C1OC1OC(C)C(O)C(OCCCC)C1O. The van der Waals surface area contributed by atoms with E-state index in [1.807, 2.05) is 6.92 Å². The fourth-order valence-electron chi connectivity index (χ4n) is 9.86. The van der Waals surface area contributed by atoms with Crippen molar-refractivity contribution in [3.63, 3.8) is 0 Å². The van der Waals surface area contributed by atoms with Gasteiger partial charge in [0.15, 0.2) is 43.5 Å². The molecule has 4 rings (SSSR count). The fourth-order valence-corrected chi connectivity index (χ4v) is 9.86. The van der Waals surface area contributed by atoms with Crippen molar-refractivity contribution in [3.8, 4) is 0 Å². The second-order valence-corrected chi connectivity index (χ2v) is 20.8. The Bertz CT molecular complexity index is 1610. The molecule has 0 amide bonds.